The van der Waals surface area contributed by atoms with E-state index in [-0.39, 0.29) is 11.2 Å². The van der Waals surface area contributed by atoms with Gasteiger partial charge in [0.2, 0.25) is 5.91 Å². The fourth-order valence-electron chi connectivity index (χ4n) is 1.33. The van der Waals surface area contributed by atoms with E-state index in [0.29, 0.717) is 4.32 Å². The van der Waals surface area contributed by atoms with Crippen molar-refractivity contribution in [2.24, 2.45) is 0 Å². The molecule has 1 aliphatic heterocycles. The molecular formula is C10H9NOS2. The van der Waals surface area contributed by atoms with Gasteiger partial charge in [-0.05, 0) is 5.56 Å². The zero-order valence-corrected chi connectivity index (χ0v) is 9.27. The molecule has 1 unspecified atom stereocenters. The molecule has 1 amide bonds. The maximum Gasteiger partial charge on any atom is 0.245 e. The number of thiocarbonyl (C=S) groups is 1. The van der Waals surface area contributed by atoms with E-state index in [1.54, 1.807) is 7.05 Å². The fourth-order valence-corrected chi connectivity index (χ4v) is 2.72. The zero-order chi connectivity index (χ0) is 10.1. The Bertz CT molecular complexity index is 377. The number of carbonyl (C=O) groups is 1. The van der Waals surface area contributed by atoms with E-state index in [1.165, 1.54) is 16.7 Å². The van der Waals surface area contributed by atoms with Crippen molar-refractivity contribution < 1.29 is 4.79 Å². The van der Waals surface area contributed by atoms with Gasteiger partial charge in [-0.3, -0.25) is 9.69 Å². The first-order valence-electron chi connectivity index (χ1n) is 4.23. The quantitative estimate of drug-likeness (QED) is 0.681. The predicted octanol–water partition coefficient (Wildman–Crippen LogP) is 2.22. The Morgan fingerprint density at radius 1 is 1.36 bits per heavy atom. The van der Waals surface area contributed by atoms with Crippen LogP contribution in [0, 0.1) is 0 Å². The average Bonchev–Trinajstić information content (AvgIpc) is 2.47. The summed E-state index contributed by atoms with van der Waals surface area (Å²) in [5.41, 5.74) is 1.02. The number of benzene rings is 1. The Kier molecular flexibility index (Phi) is 2.56. The molecule has 72 valence electrons. The highest BCUT2D eigenvalue weighted by molar-refractivity contribution is 8.24. The molecule has 0 N–H and O–H groups in total. The lowest BCUT2D eigenvalue weighted by Crippen LogP contribution is -2.24. The van der Waals surface area contributed by atoms with E-state index in [2.05, 4.69) is 0 Å². The van der Waals surface area contributed by atoms with Gasteiger partial charge in [-0.25, -0.2) is 0 Å². The molecule has 1 aliphatic rings. The molecule has 1 aromatic carbocycles. The van der Waals surface area contributed by atoms with Crippen LogP contribution in [0.15, 0.2) is 30.3 Å². The van der Waals surface area contributed by atoms with Gasteiger partial charge in [-0.2, -0.15) is 0 Å². The number of hydrogen-bond acceptors (Lipinski definition) is 3. The van der Waals surface area contributed by atoms with Crippen LogP contribution in [-0.2, 0) is 4.79 Å². The first-order chi connectivity index (χ1) is 6.70. The third-order valence-corrected chi connectivity index (χ3v) is 3.90. The van der Waals surface area contributed by atoms with Gasteiger partial charge in [0, 0.05) is 7.05 Å². The minimum absolute atomic E-state index is 0.0752. The monoisotopic (exact) mass is 223 g/mol. The summed E-state index contributed by atoms with van der Waals surface area (Å²) in [6, 6.07) is 9.72. The molecule has 1 aromatic rings. The summed E-state index contributed by atoms with van der Waals surface area (Å²) in [4.78, 5) is 13.3. The largest absolute Gasteiger partial charge is 0.300 e. The predicted molar refractivity (Wildman–Crippen MR) is 62.1 cm³/mol. The number of carbonyl (C=O) groups excluding carboxylic acids is 1. The molecule has 2 nitrogen and oxygen atoms in total. The molecule has 2 rings (SSSR count). The van der Waals surface area contributed by atoms with Crippen LogP contribution in [0.5, 0.6) is 0 Å². The topological polar surface area (TPSA) is 20.3 Å². The SMILES string of the molecule is CN1C(=O)C(c2ccccc2)SC1=S. The van der Waals surface area contributed by atoms with Gasteiger partial charge in [-0.15, -0.1) is 0 Å². The van der Waals surface area contributed by atoms with E-state index >= 15 is 0 Å². The van der Waals surface area contributed by atoms with Crippen molar-refractivity contribution in [1.82, 2.24) is 4.90 Å². The lowest BCUT2D eigenvalue weighted by molar-refractivity contribution is -0.125. The summed E-state index contributed by atoms with van der Waals surface area (Å²) in [6.45, 7) is 0. The third-order valence-electron chi connectivity index (χ3n) is 2.15. The maximum atomic E-state index is 11.7. The summed E-state index contributed by atoms with van der Waals surface area (Å²) >= 11 is 6.51. The van der Waals surface area contributed by atoms with Gasteiger partial charge in [0.15, 0.2) is 0 Å². The van der Waals surface area contributed by atoms with Gasteiger partial charge in [0.05, 0.1) is 0 Å². The second-order valence-electron chi connectivity index (χ2n) is 3.07. The van der Waals surface area contributed by atoms with Gasteiger partial charge in [-0.1, -0.05) is 54.3 Å². The third kappa shape index (κ3) is 1.55. The average molecular weight is 223 g/mol. The molecule has 0 saturated carbocycles. The van der Waals surface area contributed by atoms with Crippen molar-refractivity contribution in [1.29, 1.82) is 0 Å². The lowest BCUT2D eigenvalue weighted by atomic mass is 10.1. The van der Waals surface area contributed by atoms with Crippen LogP contribution in [0.1, 0.15) is 10.8 Å². The molecule has 14 heavy (non-hydrogen) atoms. The Morgan fingerprint density at radius 3 is 2.50 bits per heavy atom. The molecule has 1 atom stereocenters. The first kappa shape index (κ1) is 9.68. The molecule has 0 aliphatic carbocycles. The standard InChI is InChI=1S/C10H9NOS2/c1-11-9(12)8(14-10(11)13)7-5-3-2-4-6-7/h2-6,8H,1H3. The van der Waals surface area contributed by atoms with Crippen LogP contribution >= 0.6 is 24.0 Å². The van der Waals surface area contributed by atoms with E-state index in [9.17, 15) is 4.79 Å². The number of nitrogens with zero attached hydrogens (tertiary/aromatic N) is 1. The highest BCUT2D eigenvalue weighted by atomic mass is 32.2. The Morgan fingerprint density at radius 2 is 2.00 bits per heavy atom. The smallest absolute Gasteiger partial charge is 0.245 e. The first-order valence-corrected chi connectivity index (χ1v) is 5.52. The summed E-state index contributed by atoms with van der Waals surface area (Å²) in [7, 11) is 1.72. The Hall–Kier alpha value is -0.870. The summed E-state index contributed by atoms with van der Waals surface area (Å²) in [5.74, 6) is 0.0752. The molecule has 1 fully saturated rings. The van der Waals surface area contributed by atoms with Crippen molar-refractivity contribution in [3.63, 3.8) is 0 Å². The molecule has 0 bridgehead atoms. The van der Waals surface area contributed by atoms with Gasteiger partial charge in [0.1, 0.15) is 9.57 Å². The normalized spacial score (nSPS) is 21.8. The van der Waals surface area contributed by atoms with Crippen molar-refractivity contribution in [2.45, 2.75) is 5.25 Å². The Labute approximate surface area is 92.3 Å². The van der Waals surface area contributed by atoms with E-state index in [0.717, 1.165) is 5.56 Å². The minimum atomic E-state index is -0.145. The number of rotatable bonds is 1. The van der Waals surface area contributed by atoms with Crippen LogP contribution < -0.4 is 0 Å². The molecule has 1 saturated heterocycles. The van der Waals surface area contributed by atoms with E-state index in [1.807, 2.05) is 30.3 Å². The van der Waals surface area contributed by atoms with E-state index < -0.39 is 0 Å². The second-order valence-corrected chi connectivity index (χ2v) is 4.81. The number of amides is 1. The highest BCUT2D eigenvalue weighted by Crippen LogP contribution is 2.38. The van der Waals surface area contributed by atoms with Crippen LogP contribution in [-0.4, -0.2) is 22.2 Å². The van der Waals surface area contributed by atoms with Crippen molar-refractivity contribution in [2.75, 3.05) is 7.05 Å². The van der Waals surface area contributed by atoms with Gasteiger partial charge < -0.3 is 0 Å². The van der Waals surface area contributed by atoms with Crippen molar-refractivity contribution >= 4 is 34.2 Å². The molecule has 4 heteroatoms. The molecule has 0 radical (unpaired) electrons. The van der Waals surface area contributed by atoms with Gasteiger partial charge >= 0.3 is 0 Å². The lowest BCUT2D eigenvalue weighted by Gasteiger charge is -2.07. The number of thioether (sulfide) groups is 1. The van der Waals surface area contributed by atoms with Crippen LogP contribution in [0.4, 0.5) is 0 Å². The number of likely N-dealkylation sites (N-methyl/N-ethyl adjacent to an activating group) is 1. The molecule has 1 heterocycles. The van der Waals surface area contributed by atoms with Crippen molar-refractivity contribution in [3.8, 4) is 0 Å². The van der Waals surface area contributed by atoms with Crippen molar-refractivity contribution in [3.05, 3.63) is 35.9 Å². The highest BCUT2D eigenvalue weighted by Gasteiger charge is 2.35. The zero-order valence-electron chi connectivity index (χ0n) is 7.64. The molecule has 0 aromatic heterocycles. The van der Waals surface area contributed by atoms with Crippen LogP contribution in [0.3, 0.4) is 0 Å². The van der Waals surface area contributed by atoms with E-state index in [4.69, 9.17) is 12.2 Å². The maximum absolute atomic E-state index is 11.7. The summed E-state index contributed by atoms with van der Waals surface area (Å²) in [5, 5.41) is -0.145. The summed E-state index contributed by atoms with van der Waals surface area (Å²) < 4.78 is 0.656. The van der Waals surface area contributed by atoms with Crippen LogP contribution in [0.2, 0.25) is 0 Å². The van der Waals surface area contributed by atoms with Crippen LogP contribution in [0.25, 0.3) is 0 Å². The van der Waals surface area contributed by atoms with Gasteiger partial charge in [0.25, 0.3) is 0 Å². The second kappa shape index (κ2) is 3.71. The molecular weight excluding hydrogens is 214 g/mol. The number of hydrogen-bond donors (Lipinski definition) is 0. The Balaban J connectivity index is 2.30. The minimum Gasteiger partial charge on any atom is -0.300 e. The molecule has 0 spiro atoms. The summed E-state index contributed by atoms with van der Waals surface area (Å²) in [6.07, 6.45) is 0. The fraction of sp³-hybridized carbons (Fsp3) is 0.200.